The molecule has 0 aliphatic heterocycles. The van der Waals surface area contributed by atoms with Gasteiger partial charge in [-0.1, -0.05) is 18.7 Å². The van der Waals surface area contributed by atoms with Crippen molar-refractivity contribution in [2.24, 2.45) is 0 Å². The summed E-state index contributed by atoms with van der Waals surface area (Å²) in [7, 11) is 0. The monoisotopic (exact) mass is 131 g/mol. The van der Waals surface area contributed by atoms with E-state index in [4.69, 9.17) is 5.41 Å². The molecule has 0 saturated heterocycles. The van der Waals surface area contributed by atoms with Crippen LogP contribution >= 0.6 is 11.8 Å². The van der Waals surface area contributed by atoms with Gasteiger partial charge in [0.25, 0.3) is 5.24 Å². The number of carbonyl (C=O) groups is 1. The van der Waals surface area contributed by atoms with Crippen molar-refractivity contribution in [2.45, 2.75) is 6.92 Å². The first-order chi connectivity index (χ1) is 3.81. The average molecular weight is 131 g/mol. The van der Waals surface area contributed by atoms with Gasteiger partial charge in [0.2, 0.25) is 0 Å². The Hall–Kier alpha value is -0.510. The van der Waals surface area contributed by atoms with Crippen LogP contribution in [0.3, 0.4) is 0 Å². The van der Waals surface area contributed by atoms with E-state index in [2.05, 4.69) is 5.32 Å². The molecule has 0 heterocycles. The second kappa shape index (κ2) is 4.64. The summed E-state index contributed by atoms with van der Waals surface area (Å²) in [6.45, 7) is 1.87. The van der Waals surface area contributed by atoms with Crippen LogP contribution < -0.4 is 5.32 Å². The van der Waals surface area contributed by atoms with Crippen LogP contribution in [-0.4, -0.2) is 17.3 Å². The highest BCUT2D eigenvalue weighted by Crippen LogP contribution is 1.96. The number of nitrogens with one attached hydrogen (secondary N) is 2. The minimum atomic E-state index is -0.220. The van der Waals surface area contributed by atoms with Crippen LogP contribution in [0.4, 0.5) is 4.79 Å². The van der Waals surface area contributed by atoms with Crippen molar-refractivity contribution in [1.29, 1.82) is 5.41 Å². The number of hydrogen-bond donors (Lipinski definition) is 2. The standard InChI is InChI=1S/C4H7N2OS/c1-2-8-4(7)6-3-5/h2H2,1H3,(H2,5,6,7). The number of hydrogen-bond acceptors (Lipinski definition) is 3. The minimum Gasteiger partial charge on any atom is -0.299 e. The van der Waals surface area contributed by atoms with Crippen LogP contribution in [0.2, 0.25) is 0 Å². The maximum absolute atomic E-state index is 10.3. The number of thioether (sulfide) groups is 1. The molecule has 0 aromatic carbocycles. The molecule has 8 heavy (non-hydrogen) atoms. The van der Waals surface area contributed by atoms with Gasteiger partial charge in [-0.3, -0.25) is 15.5 Å². The highest BCUT2D eigenvalue weighted by Gasteiger charge is 1.93. The maximum atomic E-state index is 10.3. The molecule has 0 unspecified atom stereocenters. The van der Waals surface area contributed by atoms with Crippen LogP contribution in [0.25, 0.3) is 0 Å². The van der Waals surface area contributed by atoms with Crippen molar-refractivity contribution in [2.75, 3.05) is 5.75 Å². The molecular weight excluding hydrogens is 124 g/mol. The molecule has 1 amide bonds. The predicted octanol–water partition coefficient (Wildman–Crippen LogP) is 0.933. The van der Waals surface area contributed by atoms with E-state index in [9.17, 15) is 4.79 Å². The van der Waals surface area contributed by atoms with E-state index in [0.29, 0.717) is 0 Å². The zero-order valence-electron chi connectivity index (χ0n) is 4.52. The van der Waals surface area contributed by atoms with Crippen LogP contribution in [0.1, 0.15) is 6.92 Å². The average Bonchev–Trinajstić information content (AvgIpc) is 1.68. The van der Waals surface area contributed by atoms with Crippen molar-refractivity contribution < 1.29 is 4.79 Å². The molecule has 0 spiro atoms. The predicted molar refractivity (Wildman–Crippen MR) is 34.4 cm³/mol. The lowest BCUT2D eigenvalue weighted by molar-refractivity contribution is 0.264. The van der Waals surface area contributed by atoms with E-state index in [0.717, 1.165) is 17.5 Å². The third-order valence-corrected chi connectivity index (χ3v) is 1.09. The van der Waals surface area contributed by atoms with E-state index >= 15 is 0 Å². The minimum absolute atomic E-state index is 0.220. The molecule has 0 rings (SSSR count). The maximum Gasteiger partial charge on any atom is 0.284 e. The fourth-order valence-electron chi connectivity index (χ4n) is 0.218. The summed E-state index contributed by atoms with van der Waals surface area (Å²) >= 11 is 1.12. The van der Waals surface area contributed by atoms with Crippen LogP contribution in [0, 0.1) is 5.41 Å². The van der Waals surface area contributed by atoms with E-state index in [1.54, 1.807) is 6.34 Å². The normalized spacial score (nSPS) is 8.12. The van der Waals surface area contributed by atoms with Gasteiger partial charge in [0, 0.05) is 0 Å². The van der Waals surface area contributed by atoms with Crippen molar-refractivity contribution >= 4 is 23.3 Å². The lowest BCUT2D eigenvalue weighted by Gasteiger charge is -1.90. The molecule has 0 aromatic rings. The Morgan fingerprint density at radius 2 is 2.62 bits per heavy atom. The Bertz CT molecular complexity index is 94.0. The van der Waals surface area contributed by atoms with Crippen LogP contribution in [0.15, 0.2) is 0 Å². The Morgan fingerprint density at radius 3 is 3.00 bits per heavy atom. The highest BCUT2D eigenvalue weighted by atomic mass is 32.2. The summed E-state index contributed by atoms with van der Waals surface area (Å²) in [4.78, 5) is 10.3. The summed E-state index contributed by atoms with van der Waals surface area (Å²) in [5.74, 6) is 0.730. The van der Waals surface area contributed by atoms with Gasteiger partial charge in [0.1, 0.15) is 0 Å². The van der Waals surface area contributed by atoms with Gasteiger partial charge in [0.05, 0.1) is 0 Å². The topological polar surface area (TPSA) is 53.0 Å². The van der Waals surface area contributed by atoms with Gasteiger partial charge in [0.15, 0.2) is 6.34 Å². The largest absolute Gasteiger partial charge is 0.299 e. The van der Waals surface area contributed by atoms with E-state index in [1.807, 2.05) is 6.92 Å². The molecule has 0 aliphatic carbocycles. The molecular formula is C4H7N2OS. The lowest BCUT2D eigenvalue weighted by atomic mass is 11.0. The van der Waals surface area contributed by atoms with E-state index in [1.165, 1.54) is 0 Å². The van der Waals surface area contributed by atoms with Gasteiger partial charge >= 0.3 is 0 Å². The summed E-state index contributed by atoms with van der Waals surface area (Å²) in [6, 6.07) is 0. The molecule has 1 radical (unpaired) electrons. The molecule has 0 bridgehead atoms. The van der Waals surface area contributed by atoms with Gasteiger partial charge in [-0.25, -0.2) is 0 Å². The van der Waals surface area contributed by atoms with Gasteiger partial charge in [-0.15, -0.1) is 0 Å². The smallest absolute Gasteiger partial charge is 0.284 e. The fraction of sp³-hybridized carbons (Fsp3) is 0.500. The van der Waals surface area contributed by atoms with Gasteiger partial charge in [-0.2, -0.15) is 0 Å². The molecule has 0 fully saturated rings. The van der Waals surface area contributed by atoms with Crippen LogP contribution in [-0.2, 0) is 0 Å². The van der Waals surface area contributed by atoms with Crippen molar-refractivity contribution in [3.05, 3.63) is 0 Å². The lowest BCUT2D eigenvalue weighted by Crippen LogP contribution is -2.15. The van der Waals surface area contributed by atoms with Crippen molar-refractivity contribution in [3.8, 4) is 0 Å². The first-order valence-corrected chi connectivity index (χ1v) is 3.14. The number of amides is 1. The van der Waals surface area contributed by atoms with Gasteiger partial charge in [-0.05, 0) is 5.75 Å². The second-order valence-corrected chi connectivity index (χ2v) is 2.21. The molecule has 45 valence electrons. The summed E-state index contributed by atoms with van der Waals surface area (Å²) in [6.07, 6.45) is 1.78. The molecule has 0 aliphatic rings. The van der Waals surface area contributed by atoms with E-state index in [-0.39, 0.29) is 5.24 Å². The zero-order valence-corrected chi connectivity index (χ0v) is 5.34. The van der Waals surface area contributed by atoms with Gasteiger partial charge < -0.3 is 0 Å². The number of carbonyl (C=O) groups excluding carboxylic acids is 1. The first-order valence-electron chi connectivity index (χ1n) is 2.15. The first kappa shape index (κ1) is 7.49. The molecule has 2 N–H and O–H groups in total. The zero-order chi connectivity index (χ0) is 6.41. The Balaban J connectivity index is 3.18. The molecule has 4 heteroatoms. The Kier molecular flexibility index (Phi) is 4.35. The summed E-state index contributed by atoms with van der Waals surface area (Å²) in [5.41, 5.74) is 0. The second-order valence-electron chi connectivity index (χ2n) is 0.970. The van der Waals surface area contributed by atoms with E-state index < -0.39 is 0 Å². The van der Waals surface area contributed by atoms with Crippen molar-refractivity contribution in [3.63, 3.8) is 0 Å². The summed E-state index contributed by atoms with van der Waals surface area (Å²) in [5, 5.41) is 8.18. The molecule has 0 saturated carbocycles. The number of rotatable bonds is 2. The Morgan fingerprint density at radius 1 is 2.00 bits per heavy atom. The quantitative estimate of drug-likeness (QED) is 0.333. The third-order valence-electron chi connectivity index (χ3n) is 0.440. The van der Waals surface area contributed by atoms with Crippen LogP contribution in [0.5, 0.6) is 0 Å². The molecule has 3 nitrogen and oxygen atoms in total. The molecule has 0 aromatic heterocycles. The SMILES string of the molecule is CCSC(=O)N[C]=N. The third kappa shape index (κ3) is 3.67. The Labute approximate surface area is 52.4 Å². The molecule has 0 atom stereocenters. The van der Waals surface area contributed by atoms with Crippen molar-refractivity contribution in [1.82, 2.24) is 5.32 Å². The highest BCUT2D eigenvalue weighted by molar-refractivity contribution is 8.13. The summed E-state index contributed by atoms with van der Waals surface area (Å²) < 4.78 is 0. The fourth-order valence-corrected chi connectivity index (χ4v) is 0.604.